The Morgan fingerprint density at radius 1 is 1.58 bits per heavy atom. The summed E-state index contributed by atoms with van der Waals surface area (Å²) in [5, 5.41) is 4.39. The summed E-state index contributed by atoms with van der Waals surface area (Å²) in [6.07, 6.45) is 2.28. The third-order valence-electron chi connectivity index (χ3n) is 2.08. The predicted octanol–water partition coefficient (Wildman–Crippen LogP) is 2.30. The minimum Gasteiger partial charge on any atom is -0.375 e. The molecule has 1 heterocycles. The Morgan fingerprint density at radius 2 is 2.33 bits per heavy atom. The van der Waals surface area contributed by atoms with Crippen molar-refractivity contribution in [2.75, 3.05) is 11.9 Å². The summed E-state index contributed by atoms with van der Waals surface area (Å²) < 4.78 is 0.819. The zero-order chi connectivity index (χ0) is 8.60. The first-order valence-electron chi connectivity index (χ1n) is 3.96. The van der Waals surface area contributed by atoms with Gasteiger partial charge in [0.1, 0.15) is 0 Å². The van der Waals surface area contributed by atoms with Crippen LogP contribution in [0.5, 0.6) is 0 Å². The number of nitrogens with two attached hydrogens (primary N) is 1. The zero-order valence-corrected chi connectivity index (χ0v) is 8.21. The van der Waals surface area contributed by atoms with Crippen molar-refractivity contribution in [2.24, 2.45) is 5.73 Å². The molecule has 66 valence electrons. The lowest BCUT2D eigenvalue weighted by atomic mass is 10.3. The summed E-state index contributed by atoms with van der Waals surface area (Å²) in [5.74, 6) is 0. The number of nitrogens with one attached hydrogen (secondary N) is 1. The van der Waals surface area contributed by atoms with Crippen LogP contribution in [-0.4, -0.2) is 12.1 Å². The van der Waals surface area contributed by atoms with Crippen LogP contribution in [0.1, 0.15) is 12.8 Å². The molecular formula is C8H11ClN2S. The van der Waals surface area contributed by atoms with Crippen molar-refractivity contribution in [3.8, 4) is 0 Å². The standard InChI is InChI=1S/C8H11ClN2S/c9-6-1-2-7(12-6)11-5-8(10)3-4-8/h1-2,11H,3-5,10H2. The molecule has 0 bridgehead atoms. The molecule has 1 aromatic rings. The fraction of sp³-hybridized carbons (Fsp3) is 0.500. The van der Waals surface area contributed by atoms with E-state index < -0.39 is 0 Å². The molecule has 0 radical (unpaired) electrons. The summed E-state index contributed by atoms with van der Waals surface area (Å²) in [5.41, 5.74) is 5.98. The Kier molecular flexibility index (Phi) is 2.02. The molecule has 0 aliphatic heterocycles. The first kappa shape index (κ1) is 8.35. The molecule has 0 unspecified atom stereocenters. The van der Waals surface area contributed by atoms with Crippen LogP contribution < -0.4 is 11.1 Å². The molecule has 0 amide bonds. The SMILES string of the molecule is NC1(CNc2ccc(Cl)s2)CC1. The number of thiophene rings is 1. The lowest BCUT2D eigenvalue weighted by Crippen LogP contribution is -2.30. The van der Waals surface area contributed by atoms with Crippen molar-refractivity contribution < 1.29 is 0 Å². The predicted molar refractivity (Wildman–Crippen MR) is 54.0 cm³/mol. The average Bonchev–Trinajstić information content (AvgIpc) is 2.60. The maximum atomic E-state index is 5.91. The molecule has 1 saturated carbocycles. The fourth-order valence-electron chi connectivity index (χ4n) is 1.01. The topological polar surface area (TPSA) is 38.0 Å². The van der Waals surface area contributed by atoms with E-state index in [-0.39, 0.29) is 5.54 Å². The molecule has 1 aliphatic rings. The molecule has 2 rings (SSSR count). The molecule has 12 heavy (non-hydrogen) atoms. The van der Waals surface area contributed by atoms with Crippen molar-refractivity contribution in [3.05, 3.63) is 16.5 Å². The smallest absolute Gasteiger partial charge is 0.0950 e. The van der Waals surface area contributed by atoms with E-state index in [1.807, 2.05) is 12.1 Å². The van der Waals surface area contributed by atoms with Gasteiger partial charge in [0.15, 0.2) is 0 Å². The van der Waals surface area contributed by atoms with E-state index in [0.29, 0.717) is 0 Å². The van der Waals surface area contributed by atoms with Crippen LogP contribution in [0, 0.1) is 0 Å². The van der Waals surface area contributed by atoms with Gasteiger partial charge in [0.05, 0.1) is 9.34 Å². The monoisotopic (exact) mass is 202 g/mol. The number of anilines is 1. The van der Waals surface area contributed by atoms with Crippen molar-refractivity contribution in [1.82, 2.24) is 0 Å². The van der Waals surface area contributed by atoms with Gasteiger partial charge in [-0.05, 0) is 25.0 Å². The van der Waals surface area contributed by atoms with Crippen molar-refractivity contribution in [2.45, 2.75) is 18.4 Å². The minimum atomic E-state index is 0.0659. The molecular weight excluding hydrogens is 192 g/mol. The molecule has 1 aliphatic carbocycles. The van der Waals surface area contributed by atoms with Crippen LogP contribution in [0.3, 0.4) is 0 Å². The second-order valence-corrected chi connectivity index (χ2v) is 5.03. The van der Waals surface area contributed by atoms with Gasteiger partial charge in [0, 0.05) is 12.1 Å². The van der Waals surface area contributed by atoms with Gasteiger partial charge in [-0.25, -0.2) is 0 Å². The van der Waals surface area contributed by atoms with E-state index in [9.17, 15) is 0 Å². The first-order chi connectivity index (χ1) is 5.68. The molecule has 2 nitrogen and oxygen atoms in total. The summed E-state index contributed by atoms with van der Waals surface area (Å²) in [6.45, 7) is 0.865. The van der Waals surface area contributed by atoms with Crippen LogP contribution in [0.4, 0.5) is 5.00 Å². The Labute approximate surface area is 80.7 Å². The largest absolute Gasteiger partial charge is 0.375 e. The summed E-state index contributed by atoms with van der Waals surface area (Å²) in [4.78, 5) is 0. The van der Waals surface area contributed by atoms with Gasteiger partial charge >= 0.3 is 0 Å². The molecule has 3 N–H and O–H groups in total. The molecule has 0 atom stereocenters. The van der Waals surface area contributed by atoms with E-state index >= 15 is 0 Å². The molecule has 0 saturated heterocycles. The van der Waals surface area contributed by atoms with Crippen LogP contribution >= 0.6 is 22.9 Å². The minimum absolute atomic E-state index is 0.0659. The highest BCUT2D eigenvalue weighted by molar-refractivity contribution is 7.19. The number of halogens is 1. The second-order valence-electron chi connectivity index (χ2n) is 3.32. The number of rotatable bonds is 3. The van der Waals surface area contributed by atoms with E-state index in [4.69, 9.17) is 17.3 Å². The second kappa shape index (κ2) is 2.91. The Balaban J connectivity index is 1.87. The number of hydrogen-bond donors (Lipinski definition) is 2. The first-order valence-corrected chi connectivity index (χ1v) is 5.16. The van der Waals surface area contributed by atoms with Gasteiger partial charge < -0.3 is 11.1 Å². The van der Waals surface area contributed by atoms with Gasteiger partial charge in [-0.15, -0.1) is 11.3 Å². The Bertz CT molecular complexity index is 280. The summed E-state index contributed by atoms with van der Waals surface area (Å²) in [7, 11) is 0. The quantitative estimate of drug-likeness (QED) is 0.790. The van der Waals surface area contributed by atoms with Crippen LogP contribution in [0.25, 0.3) is 0 Å². The van der Waals surface area contributed by atoms with Gasteiger partial charge in [-0.2, -0.15) is 0 Å². The molecule has 1 aromatic heterocycles. The maximum absolute atomic E-state index is 5.91. The van der Waals surface area contributed by atoms with Crippen molar-refractivity contribution >= 4 is 27.9 Å². The third-order valence-corrected chi connectivity index (χ3v) is 3.27. The normalized spacial score (nSPS) is 19.2. The molecule has 4 heteroatoms. The highest BCUT2D eigenvalue weighted by Crippen LogP contribution is 2.33. The zero-order valence-electron chi connectivity index (χ0n) is 6.64. The molecule has 0 aromatic carbocycles. The average molecular weight is 203 g/mol. The van der Waals surface area contributed by atoms with Gasteiger partial charge in [-0.1, -0.05) is 11.6 Å². The highest BCUT2D eigenvalue weighted by atomic mass is 35.5. The summed E-state index contributed by atoms with van der Waals surface area (Å²) in [6, 6.07) is 3.88. The van der Waals surface area contributed by atoms with E-state index in [1.54, 1.807) is 11.3 Å². The van der Waals surface area contributed by atoms with Crippen molar-refractivity contribution in [3.63, 3.8) is 0 Å². The van der Waals surface area contributed by atoms with Crippen molar-refractivity contribution in [1.29, 1.82) is 0 Å². The molecule has 1 fully saturated rings. The third kappa shape index (κ3) is 1.91. The maximum Gasteiger partial charge on any atom is 0.0950 e. The van der Waals surface area contributed by atoms with Gasteiger partial charge in [-0.3, -0.25) is 0 Å². The Morgan fingerprint density at radius 3 is 2.83 bits per heavy atom. The summed E-state index contributed by atoms with van der Waals surface area (Å²) >= 11 is 7.33. The van der Waals surface area contributed by atoms with Crippen LogP contribution in [-0.2, 0) is 0 Å². The fourth-order valence-corrected chi connectivity index (χ4v) is 1.95. The Hall–Kier alpha value is -0.250. The van der Waals surface area contributed by atoms with Gasteiger partial charge in [0.2, 0.25) is 0 Å². The number of hydrogen-bond acceptors (Lipinski definition) is 3. The van der Waals surface area contributed by atoms with E-state index in [2.05, 4.69) is 5.32 Å². The lowest BCUT2D eigenvalue weighted by molar-refractivity contribution is 0.715. The lowest BCUT2D eigenvalue weighted by Gasteiger charge is -2.08. The van der Waals surface area contributed by atoms with Crippen LogP contribution in [0.2, 0.25) is 4.34 Å². The van der Waals surface area contributed by atoms with E-state index in [0.717, 1.165) is 28.7 Å². The molecule has 0 spiro atoms. The van der Waals surface area contributed by atoms with Crippen LogP contribution in [0.15, 0.2) is 12.1 Å². The van der Waals surface area contributed by atoms with E-state index in [1.165, 1.54) is 0 Å². The highest BCUT2D eigenvalue weighted by Gasteiger charge is 2.37. The van der Waals surface area contributed by atoms with Gasteiger partial charge in [0.25, 0.3) is 0 Å².